The summed E-state index contributed by atoms with van der Waals surface area (Å²) in [6.07, 6.45) is 5.35. The van der Waals surface area contributed by atoms with Gasteiger partial charge in [-0.15, -0.1) is 0 Å². The predicted octanol–water partition coefficient (Wildman–Crippen LogP) is 2.82. The number of carbonyl (C=O) groups is 3. The largest absolute Gasteiger partial charge is 0.497 e. The normalized spacial score (nSPS) is 26.6. The smallest absolute Gasteiger partial charge is 0.320 e. The quantitative estimate of drug-likeness (QED) is 0.687. The third-order valence-corrected chi connectivity index (χ3v) is 8.63. The lowest BCUT2D eigenvalue weighted by Gasteiger charge is -2.53. The van der Waals surface area contributed by atoms with E-state index in [1.165, 1.54) is 0 Å². The maximum Gasteiger partial charge on any atom is 0.320 e. The van der Waals surface area contributed by atoms with Crippen molar-refractivity contribution in [1.82, 2.24) is 25.0 Å². The van der Waals surface area contributed by atoms with Crippen LogP contribution >= 0.6 is 0 Å². The molecule has 5 heterocycles. The molecule has 9 heteroatoms. The van der Waals surface area contributed by atoms with Crippen LogP contribution in [0, 0.1) is 11.8 Å². The molecule has 0 radical (unpaired) electrons. The number of rotatable bonds is 3. The second kappa shape index (κ2) is 9.33. The molecule has 4 saturated heterocycles. The van der Waals surface area contributed by atoms with E-state index < -0.39 is 0 Å². The Labute approximate surface area is 211 Å². The standard InChI is InChI=1S/C27H35N5O4/c1-36-21-6-5-18-12-23(29-22(18)13-21)26(34)28-20-7-9-30(10-8-20)27(35)31-14-17-11-19(16-31)24-3-2-4-25(33)32(24)15-17/h5-6,12-13,17,19-20,24,29H,2-4,7-11,14-16H2,1H3,(H,28,34)/t17-,19-,24-/m1/s1. The van der Waals surface area contributed by atoms with Gasteiger partial charge in [-0.05, 0) is 62.1 Å². The lowest BCUT2D eigenvalue weighted by Crippen LogP contribution is -2.62. The molecule has 4 aliphatic heterocycles. The minimum atomic E-state index is -0.120. The minimum Gasteiger partial charge on any atom is -0.497 e. The van der Waals surface area contributed by atoms with Crippen LogP contribution in [-0.2, 0) is 4.79 Å². The summed E-state index contributed by atoms with van der Waals surface area (Å²) in [5.74, 6) is 1.72. The fourth-order valence-corrected chi connectivity index (χ4v) is 6.80. The molecule has 0 spiro atoms. The van der Waals surface area contributed by atoms with Crippen LogP contribution in [0.25, 0.3) is 10.9 Å². The zero-order chi connectivity index (χ0) is 24.8. The predicted molar refractivity (Wildman–Crippen MR) is 135 cm³/mol. The van der Waals surface area contributed by atoms with Crippen LogP contribution < -0.4 is 10.1 Å². The maximum atomic E-state index is 13.4. The molecule has 36 heavy (non-hydrogen) atoms. The van der Waals surface area contributed by atoms with Gasteiger partial charge >= 0.3 is 6.03 Å². The van der Waals surface area contributed by atoms with Crippen LogP contribution in [0.1, 0.15) is 49.0 Å². The van der Waals surface area contributed by atoms with Gasteiger partial charge in [0.25, 0.3) is 5.91 Å². The average molecular weight is 494 g/mol. The highest BCUT2D eigenvalue weighted by Crippen LogP contribution is 2.38. The first-order chi connectivity index (χ1) is 17.5. The highest BCUT2D eigenvalue weighted by molar-refractivity contribution is 5.98. The SMILES string of the molecule is COc1ccc2cc(C(=O)NC3CCN(C(=O)N4C[C@H]5C[C@H](C4)[C@H]4CCCC(=O)N4C5)CC3)[nH]c2c1. The van der Waals surface area contributed by atoms with Crippen molar-refractivity contribution in [3.63, 3.8) is 0 Å². The number of hydrogen-bond acceptors (Lipinski definition) is 4. The summed E-state index contributed by atoms with van der Waals surface area (Å²) in [4.78, 5) is 47.9. The van der Waals surface area contributed by atoms with Crippen LogP contribution in [0.15, 0.2) is 24.3 Å². The first-order valence-electron chi connectivity index (χ1n) is 13.3. The fraction of sp³-hybridized carbons (Fsp3) is 0.593. The number of likely N-dealkylation sites (tertiary alicyclic amines) is 2. The Bertz CT molecular complexity index is 1170. The molecular weight excluding hydrogens is 458 g/mol. The van der Waals surface area contributed by atoms with Crippen molar-refractivity contribution < 1.29 is 19.1 Å². The van der Waals surface area contributed by atoms with Gasteiger partial charge in [0, 0.05) is 68.2 Å². The fourth-order valence-electron chi connectivity index (χ4n) is 6.80. The van der Waals surface area contributed by atoms with Gasteiger partial charge in [0.05, 0.1) is 7.11 Å². The number of amides is 4. The number of methoxy groups -OCH3 is 1. The van der Waals surface area contributed by atoms with Crippen molar-refractivity contribution in [3.05, 3.63) is 30.0 Å². The molecule has 4 amide bonds. The van der Waals surface area contributed by atoms with E-state index in [2.05, 4.69) is 15.2 Å². The van der Waals surface area contributed by atoms with E-state index in [9.17, 15) is 14.4 Å². The van der Waals surface area contributed by atoms with Gasteiger partial charge in [0.2, 0.25) is 5.91 Å². The number of carbonyl (C=O) groups excluding carboxylic acids is 3. The van der Waals surface area contributed by atoms with Gasteiger partial charge in [0.15, 0.2) is 0 Å². The first-order valence-corrected chi connectivity index (χ1v) is 13.3. The lowest BCUT2D eigenvalue weighted by atomic mass is 9.76. The van der Waals surface area contributed by atoms with E-state index in [0.29, 0.717) is 49.0 Å². The molecule has 6 rings (SSSR count). The van der Waals surface area contributed by atoms with Gasteiger partial charge in [-0.1, -0.05) is 0 Å². The van der Waals surface area contributed by atoms with Crippen molar-refractivity contribution in [3.8, 4) is 5.75 Å². The Morgan fingerprint density at radius 1 is 1.06 bits per heavy atom. The highest BCUT2D eigenvalue weighted by atomic mass is 16.5. The van der Waals surface area contributed by atoms with Gasteiger partial charge in [-0.25, -0.2) is 4.79 Å². The molecule has 2 bridgehead atoms. The van der Waals surface area contributed by atoms with Crippen LogP contribution in [0.4, 0.5) is 4.79 Å². The van der Waals surface area contributed by atoms with Crippen molar-refractivity contribution in [2.75, 3.05) is 39.8 Å². The number of urea groups is 1. The van der Waals surface area contributed by atoms with Crippen molar-refractivity contribution in [2.24, 2.45) is 11.8 Å². The van der Waals surface area contributed by atoms with Crippen molar-refractivity contribution in [2.45, 2.75) is 50.6 Å². The first kappa shape index (κ1) is 23.2. The van der Waals surface area contributed by atoms with Crippen LogP contribution in [0.2, 0.25) is 0 Å². The molecule has 4 aliphatic rings. The van der Waals surface area contributed by atoms with E-state index in [1.54, 1.807) is 7.11 Å². The molecule has 2 aromatic rings. The molecule has 1 aromatic carbocycles. The molecular formula is C27H35N5O4. The Hall–Kier alpha value is -3.23. The molecule has 0 saturated carbocycles. The summed E-state index contributed by atoms with van der Waals surface area (Å²) in [7, 11) is 1.62. The van der Waals surface area contributed by atoms with Crippen molar-refractivity contribution in [1.29, 1.82) is 0 Å². The van der Waals surface area contributed by atoms with Crippen LogP contribution in [0.5, 0.6) is 5.75 Å². The molecule has 9 nitrogen and oxygen atoms in total. The van der Waals surface area contributed by atoms with E-state index in [0.717, 1.165) is 68.4 Å². The maximum absolute atomic E-state index is 13.4. The minimum absolute atomic E-state index is 0.0463. The second-order valence-corrected chi connectivity index (χ2v) is 10.9. The van der Waals surface area contributed by atoms with Crippen molar-refractivity contribution >= 4 is 28.7 Å². The van der Waals surface area contributed by atoms with E-state index >= 15 is 0 Å². The molecule has 1 aromatic heterocycles. The Balaban J connectivity index is 1.03. The number of hydrogen-bond donors (Lipinski definition) is 2. The summed E-state index contributed by atoms with van der Waals surface area (Å²) in [6.45, 7) is 3.60. The van der Waals surface area contributed by atoms with E-state index in [1.807, 2.05) is 34.1 Å². The topological polar surface area (TPSA) is 98.0 Å². The summed E-state index contributed by atoms with van der Waals surface area (Å²) in [5.41, 5.74) is 1.40. The zero-order valence-electron chi connectivity index (χ0n) is 20.9. The molecule has 3 atom stereocenters. The molecule has 4 fully saturated rings. The van der Waals surface area contributed by atoms with Crippen LogP contribution in [-0.4, -0.2) is 89.4 Å². The monoisotopic (exact) mass is 493 g/mol. The zero-order valence-corrected chi connectivity index (χ0v) is 20.9. The molecule has 0 aliphatic carbocycles. The Kier molecular flexibility index (Phi) is 6.01. The molecule has 0 unspecified atom stereocenters. The van der Waals surface area contributed by atoms with Gasteiger partial charge < -0.3 is 29.7 Å². The number of nitrogens with zero attached hydrogens (tertiary/aromatic N) is 3. The summed E-state index contributed by atoms with van der Waals surface area (Å²) >= 11 is 0. The Morgan fingerprint density at radius 2 is 1.89 bits per heavy atom. The van der Waals surface area contributed by atoms with E-state index in [4.69, 9.17) is 4.74 Å². The lowest BCUT2D eigenvalue weighted by molar-refractivity contribution is -0.144. The third kappa shape index (κ3) is 4.29. The highest BCUT2D eigenvalue weighted by Gasteiger charge is 2.45. The number of ether oxygens (including phenoxy) is 1. The summed E-state index contributed by atoms with van der Waals surface area (Å²) < 4.78 is 5.26. The van der Waals surface area contributed by atoms with Gasteiger partial charge in [-0.2, -0.15) is 0 Å². The number of H-pyrrole nitrogens is 1. The summed E-state index contributed by atoms with van der Waals surface area (Å²) in [6, 6.07) is 8.03. The molecule has 2 N–H and O–H groups in total. The third-order valence-electron chi connectivity index (χ3n) is 8.63. The van der Waals surface area contributed by atoms with E-state index in [-0.39, 0.29) is 18.0 Å². The number of nitrogens with one attached hydrogen (secondary N) is 2. The second-order valence-electron chi connectivity index (χ2n) is 10.9. The average Bonchev–Trinajstić information content (AvgIpc) is 3.33. The van der Waals surface area contributed by atoms with Gasteiger partial charge in [0.1, 0.15) is 11.4 Å². The number of fused-ring (bicyclic) bond motifs is 5. The summed E-state index contributed by atoms with van der Waals surface area (Å²) in [5, 5.41) is 4.11. The number of piperidine rings is 4. The van der Waals surface area contributed by atoms with Gasteiger partial charge in [-0.3, -0.25) is 9.59 Å². The Morgan fingerprint density at radius 3 is 2.69 bits per heavy atom. The number of aromatic amines is 1. The number of aromatic nitrogens is 1. The number of benzene rings is 1. The van der Waals surface area contributed by atoms with Crippen LogP contribution in [0.3, 0.4) is 0 Å². The molecule has 192 valence electrons.